The first-order chi connectivity index (χ1) is 4.46. The second-order valence-corrected chi connectivity index (χ2v) is 7.72. The van der Waals surface area contributed by atoms with E-state index in [9.17, 15) is 0 Å². The summed E-state index contributed by atoms with van der Waals surface area (Å²) in [5.41, 5.74) is 2.69. The minimum atomic E-state index is 0. The highest BCUT2D eigenvalue weighted by Gasteiger charge is 2.19. The molecule has 0 amide bonds. The Morgan fingerprint density at radius 2 is 0.818 bits per heavy atom. The Morgan fingerprint density at radius 1 is 0.636 bits per heavy atom. The Hall–Kier alpha value is 0.910. The number of rotatable bonds is 3. The van der Waals surface area contributed by atoms with Gasteiger partial charge in [0.1, 0.15) is 0 Å². The first-order valence-corrected chi connectivity index (χ1v) is 5.79. The Balaban J connectivity index is 0. The van der Waals surface area contributed by atoms with E-state index in [-0.39, 0.29) is 24.9 Å². The normalized spacial score (nSPS) is 11.5. The first kappa shape index (κ1) is 14.4. The molecule has 0 aliphatic carbocycles. The SMILES string of the molecule is Br.CC(C)P(C(C)C)C(C)C. The summed E-state index contributed by atoms with van der Waals surface area (Å²) in [5, 5.41) is 0. The van der Waals surface area contributed by atoms with E-state index in [1.165, 1.54) is 0 Å². The predicted molar refractivity (Wildman–Crippen MR) is 62.7 cm³/mol. The molecule has 2 heteroatoms. The van der Waals surface area contributed by atoms with Gasteiger partial charge in [-0.15, -0.1) is 17.0 Å². The molecule has 0 saturated heterocycles. The third-order valence-electron chi connectivity index (χ3n) is 1.79. The number of hydrogen-bond donors (Lipinski definition) is 0. The molecule has 0 bridgehead atoms. The fraction of sp³-hybridized carbons (Fsp3) is 1.00. The van der Waals surface area contributed by atoms with Gasteiger partial charge in [-0.05, 0) is 17.0 Å². The van der Waals surface area contributed by atoms with Crippen molar-refractivity contribution in [2.75, 3.05) is 0 Å². The van der Waals surface area contributed by atoms with Crippen molar-refractivity contribution in [2.24, 2.45) is 0 Å². The lowest BCUT2D eigenvalue weighted by Crippen LogP contribution is -2.10. The average molecular weight is 241 g/mol. The molecule has 0 aromatic heterocycles. The summed E-state index contributed by atoms with van der Waals surface area (Å²) < 4.78 is 0. The molecule has 0 radical (unpaired) electrons. The summed E-state index contributed by atoms with van der Waals surface area (Å²) in [5.74, 6) is 0. The van der Waals surface area contributed by atoms with Crippen molar-refractivity contribution in [2.45, 2.75) is 58.5 Å². The van der Waals surface area contributed by atoms with E-state index in [4.69, 9.17) is 0 Å². The molecule has 0 saturated carbocycles. The van der Waals surface area contributed by atoms with Crippen LogP contribution in [0.25, 0.3) is 0 Å². The highest BCUT2D eigenvalue weighted by Crippen LogP contribution is 2.49. The highest BCUT2D eigenvalue weighted by molar-refractivity contribution is 8.93. The van der Waals surface area contributed by atoms with E-state index < -0.39 is 0 Å². The van der Waals surface area contributed by atoms with Gasteiger partial charge in [-0.3, -0.25) is 0 Å². The Kier molecular flexibility index (Phi) is 8.44. The van der Waals surface area contributed by atoms with Crippen LogP contribution in [0.1, 0.15) is 41.5 Å². The van der Waals surface area contributed by atoms with Crippen LogP contribution >= 0.6 is 24.9 Å². The van der Waals surface area contributed by atoms with Crippen LogP contribution in [0, 0.1) is 0 Å². The van der Waals surface area contributed by atoms with E-state index in [2.05, 4.69) is 41.5 Å². The molecule has 0 nitrogen and oxygen atoms in total. The summed E-state index contributed by atoms with van der Waals surface area (Å²) in [7, 11) is 0.262. The quantitative estimate of drug-likeness (QED) is 0.647. The minimum Gasteiger partial charge on any atom is -0.114 e. The molecule has 0 unspecified atom stereocenters. The molecule has 0 fully saturated rings. The van der Waals surface area contributed by atoms with E-state index in [1.807, 2.05) is 0 Å². The van der Waals surface area contributed by atoms with Crippen molar-refractivity contribution < 1.29 is 0 Å². The first-order valence-electron chi connectivity index (χ1n) is 4.24. The molecule has 11 heavy (non-hydrogen) atoms. The lowest BCUT2D eigenvalue weighted by molar-refractivity contribution is 0.946. The molecule has 0 spiro atoms. The molecule has 0 rings (SSSR count). The molecule has 0 aromatic rings. The van der Waals surface area contributed by atoms with Crippen LogP contribution in [0.5, 0.6) is 0 Å². The maximum Gasteiger partial charge on any atom is -0.0261 e. The van der Waals surface area contributed by atoms with Crippen molar-refractivity contribution in [3.05, 3.63) is 0 Å². The Bertz CT molecular complexity index is 70.5. The molecule has 0 aliphatic rings. The monoisotopic (exact) mass is 240 g/mol. The average Bonchev–Trinajstić information content (AvgIpc) is 1.59. The third-order valence-corrected chi connectivity index (χ3v) is 5.37. The van der Waals surface area contributed by atoms with Crippen LogP contribution in [-0.2, 0) is 0 Å². The van der Waals surface area contributed by atoms with Crippen molar-refractivity contribution in [3.63, 3.8) is 0 Å². The second kappa shape index (κ2) is 6.43. The topological polar surface area (TPSA) is 0 Å². The van der Waals surface area contributed by atoms with Gasteiger partial charge in [0.2, 0.25) is 0 Å². The van der Waals surface area contributed by atoms with E-state index >= 15 is 0 Å². The fourth-order valence-corrected chi connectivity index (χ4v) is 5.37. The number of hydrogen-bond acceptors (Lipinski definition) is 0. The molecule has 0 atom stereocenters. The standard InChI is InChI=1S/C9H21P.BrH/c1-7(2)10(8(3)4)9(5)6;/h7-9H,1-6H3;1H. The van der Waals surface area contributed by atoms with Gasteiger partial charge < -0.3 is 0 Å². The molecule has 0 aliphatic heterocycles. The van der Waals surface area contributed by atoms with Crippen molar-refractivity contribution in [1.82, 2.24) is 0 Å². The second-order valence-electron chi connectivity index (χ2n) is 3.73. The van der Waals surface area contributed by atoms with Gasteiger partial charge in [0.15, 0.2) is 0 Å². The van der Waals surface area contributed by atoms with Crippen LogP contribution in [0.4, 0.5) is 0 Å². The van der Waals surface area contributed by atoms with Gasteiger partial charge >= 0.3 is 0 Å². The van der Waals surface area contributed by atoms with Crippen molar-refractivity contribution in [1.29, 1.82) is 0 Å². The van der Waals surface area contributed by atoms with Gasteiger partial charge in [-0.25, -0.2) is 0 Å². The van der Waals surface area contributed by atoms with E-state index in [0.29, 0.717) is 0 Å². The van der Waals surface area contributed by atoms with Crippen molar-refractivity contribution in [3.8, 4) is 0 Å². The maximum absolute atomic E-state index is 2.35. The summed E-state index contributed by atoms with van der Waals surface area (Å²) in [6, 6.07) is 0. The van der Waals surface area contributed by atoms with Crippen LogP contribution in [0.3, 0.4) is 0 Å². The summed E-state index contributed by atoms with van der Waals surface area (Å²) >= 11 is 0. The van der Waals surface area contributed by atoms with Gasteiger partial charge in [-0.2, -0.15) is 0 Å². The minimum absolute atomic E-state index is 0. The highest BCUT2D eigenvalue weighted by atomic mass is 79.9. The fourth-order valence-electron chi connectivity index (χ4n) is 1.79. The van der Waals surface area contributed by atoms with Crippen LogP contribution in [0.15, 0.2) is 0 Å². The van der Waals surface area contributed by atoms with Gasteiger partial charge in [0, 0.05) is 0 Å². The summed E-state index contributed by atoms with van der Waals surface area (Å²) in [6.45, 7) is 14.1. The molecule has 0 N–H and O–H groups in total. The smallest absolute Gasteiger partial charge is 0.0261 e. The lowest BCUT2D eigenvalue weighted by atomic mass is 10.5. The lowest BCUT2D eigenvalue weighted by Gasteiger charge is -2.29. The third kappa shape index (κ3) is 5.20. The zero-order chi connectivity index (χ0) is 8.31. The molecular formula is C9H22BrP. The van der Waals surface area contributed by atoms with Gasteiger partial charge in [0.25, 0.3) is 0 Å². The molecule has 0 heterocycles. The number of halogens is 1. The largest absolute Gasteiger partial charge is 0.114 e. The van der Waals surface area contributed by atoms with Crippen molar-refractivity contribution >= 4 is 24.9 Å². The van der Waals surface area contributed by atoms with E-state index in [1.54, 1.807) is 0 Å². The zero-order valence-electron chi connectivity index (χ0n) is 8.59. The summed E-state index contributed by atoms with van der Waals surface area (Å²) in [4.78, 5) is 0. The zero-order valence-corrected chi connectivity index (χ0v) is 11.2. The van der Waals surface area contributed by atoms with Crippen LogP contribution in [0.2, 0.25) is 0 Å². The van der Waals surface area contributed by atoms with Gasteiger partial charge in [-0.1, -0.05) is 49.5 Å². The summed E-state index contributed by atoms with van der Waals surface area (Å²) in [6.07, 6.45) is 0. The maximum atomic E-state index is 2.35. The molecular weight excluding hydrogens is 219 g/mol. The van der Waals surface area contributed by atoms with Crippen LogP contribution in [-0.4, -0.2) is 17.0 Å². The Morgan fingerprint density at radius 3 is 0.818 bits per heavy atom. The van der Waals surface area contributed by atoms with Crippen LogP contribution < -0.4 is 0 Å². The van der Waals surface area contributed by atoms with Gasteiger partial charge in [0.05, 0.1) is 0 Å². The van der Waals surface area contributed by atoms with E-state index in [0.717, 1.165) is 17.0 Å². The Labute approximate surface area is 83.7 Å². The molecule has 0 aromatic carbocycles. The predicted octanol–water partition coefficient (Wildman–Crippen LogP) is 4.27. The molecule has 70 valence electrons.